The van der Waals surface area contributed by atoms with Crippen LogP contribution >= 0.6 is 0 Å². The zero-order valence-corrected chi connectivity index (χ0v) is 16.9. The Morgan fingerprint density at radius 3 is 2.33 bits per heavy atom. The lowest BCUT2D eigenvalue weighted by molar-refractivity contribution is -0.155. The molecule has 0 atom stereocenters. The van der Waals surface area contributed by atoms with Crippen LogP contribution in [0, 0.1) is 5.41 Å². The SMILES string of the molecule is C=CC(C)(C)CCCC(C)(C)OC(=O)CC(=O)c1ccc2ccccc2c1. The minimum absolute atomic E-state index is 0.0755. The molecule has 0 saturated heterocycles. The largest absolute Gasteiger partial charge is 0.459 e. The van der Waals surface area contributed by atoms with E-state index in [1.165, 1.54) is 0 Å². The molecular formula is C24H30O3. The number of ether oxygens (including phenoxy) is 1. The van der Waals surface area contributed by atoms with Crippen LogP contribution in [0.15, 0.2) is 55.1 Å². The molecule has 0 amide bonds. The predicted octanol–water partition coefficient (Wildman–Crippen LogP) is 6.12. The van der Waals surface area contributed by atoms with Crippen molar-refractivity contribution < 1.29 is 14.3 Å². The quantitative estimate of drug-likeness (QED) is 0.232. The van der Waals surface area contributed by atoms with E-state index in [1.54, 1.807) is 6.07 Å². The predicted molar refractivity (Wildman–Crippen MR) is 111 cm³/mol. The molecule has 0 aliphatic carbocycles. The zero-order valence-electron chi connectivity index (χ0n) is 16.9. The molecule has 144 valence electrons. The van der Waals surface area contributed by atoms with Crippen molar-refractivity contribution in [2.24, 2.45) is 5.41 Å². The fourth-order valence-electron chi connectivity index (χ4n) is 3.06. The number of Topliss-reactive ketones (excluding diaryl/α,β-unsaturated/α-hetero) is 1. The van der Waals surface area contributed by atoms with Gasteiger partial charge in [-0.3, -0.25) is 9.59 Å². The highest BCUT2D eigenvalue weighted by atomic mass is 16.6. The van der Waals surface area contributed by atoms with Crippen LogP contribution in [-0.4, -0.2) is 17.4 Å². The van der Waals surface area contributed by atoms with E-state index < -0.39 is 11.6 Å². The molecule has 3 heteroatoms. The number of allylic oxidation sites excluding steroid dienone is 1. The van der Waals surface area contributed by atoms with E-state index in [0.29, 0.717) is 5.56 Å². The van der Waals surface area contributed by atoms with E-state index in [-0.39, 0.29) is 17.6 Å². The molecule has 0 heterocycles. The number of hydrogen-bond donors (Lipinski definition) is 0. The highest BCUT2D eigenvalue weighted by Gasteiger charge is 2.25. The van der Waals surface area contributed by atoms with Crippen molar-refractivity contribution in [2.75, 3.05) is 0 Å². The fraction of sp³-hybridized carbons (Fsp3) is 0.417. The Balaban J connectivity index is 1.91. The summed E-state index contributed by atoms with van der Waals surface area (Å²) >= 11 is 0. The number of hydrogen-bond acceptors (Lipinski definition) is 3. The van der Waals surface area contributed by atoms with Gasteiger partial charge in [0.05, 0.1) is 0 Å². The molecule has 3 nitrogen and oxygen atoms in total. The van der Waals surface area contributed by atoms with Crippen LogP contribution in [0.5, 0.6) is 0 Å². The number of benzene rings is 2. The smallest absolute Gasteiger partial charge is 0.314 e. The lowest BCUT2D eigenvalue weighted by Gasteiger charge is -2.27. The van der Waals surface area contributed by atoms with Crippen molar-refractivity contribution >= 4 is 22.5 Å². The number of rotatable bonds is 9. The number of carbonyl (C=O) groups excluding carboxylic acids is 2. The van der Waals surface area contributed by atoms with Gasteiger partial charge in [0, 0.05) is 5.56 Å². The lowest BCUT2D eigenvalue weighted by Crippen LogP contribution is -2.29. The monoisotopic (exact) mass is 366 g/mol. The summed E-state index contributed by atoms with van der Waals surface area (Å²) in [7, 11) is 0. The molecule has 0 radical (unpaired) electrons. The summed E-state index contributed by atoms with van der Waals surface area (Å²) in [5.74, 6) is -0.685. The topological polar surface area (TPSA) is 43.4 Å². The van der Waals surface area contributed by atoms with Crippen LogP contribution in [0.25, 0.3) is 10.8 Å². The van der Waals surface area contributed by atoms with Crippen LogP contribution in [0.2, 0.25) is 0 Å². The summed E-state index contributed by atoms with van der Waals surface area (Å²) in [6.45, 7) is 11.9. The maximum atomic E-state index is 12.5. The maximum absolute atomic E-state index is 12.5. The molecule has 0 aromatic heterocycles. The molecule has 0 unspecified atom stereocenters. The van der Waals surface area contributed by atoms with Crippen LogP contribution in [0.4, 0.5) is 0 Å². The van der Waals surface area contributed by atoms with Crippen molar-refractivity contribution in [1.29, 1.82) is 0 Å². The normalized spacial score (nSPS) is 12.0. The third-order valence-electron chi connectivity index (χ3n) is 4.92. The summed E-state index contributed by atoms with van der Waals surface area (Å²) in [6, 6.07) is 13.3. The lowest BCUT2D eigenvalue weighted by atomic mass is 9.85. The van der Waals surface area contributed by atoms with E-state index in [4.69, 9.17) is 4.74 Å². The van der Waals surface area contributed by atoms with Gasteiger partial charge >= 0.3 is 5.97 Å². The zero-order chi connectivity index (χ0) is 20.1. The molecule has 0 saturated carbocycles. The van der Waals surface area contributed by atoms with Crippen LogP contribution in [0.3, 0.4) is 0 Å². The molecule has 0 aliphatic heterocycles. The highest BCUT2D eigenvalue weighted by molar-refractivity contribution is 6.07. The van der Waals surface area contributed by atoms with Crippen molar-refractivity contribution in [2.45, 2.75) is 59.0 Å². The number of fused-ring (bicyclic) bond motifs is 1. The first-order valence-corrected chi connectivity index (χ1v) is 9.49. The van der Waals surface area contributed by atoms with Gasteiger partial charge in [0.15, 0.2) is 5.78 Å². The Bertz CT molecular complexity index is 830. The van der Waals surface area contributed by atoms with Gasteiger partial charge in [0.25, 0.3) is 0 Å². The van der Waals surface area contributed by atoms with Gasteiger partial charge in [0.1, 0.15) is 12.0 Å². The Labute approximate surface area is 162 Å². The summed E-state index contributed by atoms with van der Waals surface area (Å²) < 4.78 is 5.58. The van der Waals surface area contributed by atoms with E-state index in [1.807, 2.05) is 56.3 Å². The standard InChI is InChI=1S/C24H30O3/c1-6-23(2,3)14-9-15-24(4,5)27-22(26)17-21(25)20-13-12-18-10-7-8-11-19(18)16-20/h6-8,10-13,16H,1,9,14-15,17H2,2-5H3. The first-order valence-electron chi connectivity index (χ1n) is 9.49. The first-order chi connectivity index (χ1) is 12.6. The average Bonchev–Trinajstić information content (AvgIpc) is 2.60. The second-order valence-electron chi connectivity index (χ2n) is 8.44. The van der Waals surface area contributed by atoms with Gasteiger partial charge in [-0.1, -0.05) is 56.3 Å². The molecule has 0 fully saturated rings. The minimum atomic E-state index is -0.585. The molecular weight excluding hydrogens is 336 g/mol. The van der Waals surface area contributed by atoms with E-state index >= 15 is 0 Å². The molecule has 0 aliphatic rings. The van der Waals surface area contributed by atoms with Gasteiger partial charge in [-0.15, -0.1) is 6.58 Å². The highest BCUT2D eigenvalue weighted by Crippen LogP contribution is 2.28. The molecule has 0 bridgehead atoms. The third-order valence-corrected chi connectivity index (χ3v) is 4.92. The van der Waals surface area contributed by atoms with Crippen molar-refractivity contribution in [3.63, 3.8) is 0 Å². The van der Waals surface area contributed by atoms with Crippen molar-refractivity contribution in [3.05, 3.63) is 60.7 Å². The molecule has 2 aromatic carbocycles. The van der Waals surface area contributed by atoms with E-state index in [2.05, 4.69) is 20.4 Å². The molecule has 0 spiro atoms. The second-order valence-corrected chi connectivity index (χ2v) is 8.44. The van der Waals surface area contributed by atoms with Crippen LogP contribution in [0.1, 0.15) is 63.7 Å². The van der Waals surface area contributed by atoms with Gasteiger partial charge in [-0.2, -0.15) is 0 Å². The van der Waals surface area contributed by atoms with Gasteiger partial charge in [-0.05, 0) is 55.4 Å². The molecule has 27 heavy (non-hydrogen) atoms. The van der Waals surface area contributed by atoms with Crippen LogP contribution < -0.4 is 0 Å². The number of esters is 1. The average molecular weight is 367 g/mol. The Kier molecular flexibility index (Phi) is 6.59. The van der Waals surface area contributed by atoms with E-state index in [0.717, 1.165) is 30.0 Å². The minimum Gasteiger partial charge on any atom is -0.459 e. The summed E-state index contributed by atoms with van der Waals surface area (Å²) in [6.07, 6.45) is 4.37. The fourth-order valence-corrected chi connectivity index (χ4v) is 3.06. The van der Waals surface area contributed by atoms with Gasteiger partial charge in [-0.25, -0.2) is 0 Å². The number of ketones is 1. The molecule has 2 rings (SSSR count). The van der Waals surface area contributed by atoms with Crippen LogP contribution in [-0.2, 0) is 9.53 Å². The Morgan fingerprint density at radius 1 is 1.00 bits per heavy atom. The van der Waals surface area contributed by atoms with Crippen molar-refractivity contribution in [3.8, 4) is 0 Å². The maximum Gasteiger partial charge on any atom is 0.314 e. The summed E-state index contributed by atoms with van der Waals surface area (Å²) in [5.41, 5.74) is 0.0284. The summed E-state index contributed by atoms with van der Waals surface area (Å²) in [4.78, 5) is 24.7. The molecule has 0 N–H and O–H groups in total. The first kappa shape index (κ1) is 20.9. The third kappa shape index (κ3) is 6.35. The molecule has 2 aromatic rings. The van der Waals surface area contributed by atoms with E-state index in [9.17, 15) is 9.59 Å². The Morgan fingerprint density at radius 2 is 1.67 bits per heavy atom. The number of carbonyl (C=O) groups is 2. The van der Waals surface area contributed by atoms with Crippen molar-refractivity contribution in [1.82, 2.24) is 0 Å². The second kappa shape index (κ2) is 8.51. The van der Waals surface area contributed by atoms with Gasteiger partial charge in [0.2, 0.25) is 0 Å². The van der Waals surface area contributed by atoms with Gasteiger partial charge < -0.3 is 4.74 Å². The summed E-state index contributed by atoms with van der Waals surface area (Å²) in [5, 5.41) is 2.06. The Hall–Kier alpha value is -2.42.